The smallest absolute Gasteiger partial charge is 0.137 e. The van der Waals surface area contributed by atoms with Crippen molar-refractivity contribution in [1.29, 1.82) is 5.26 Å². The Hall–Kier alpha value is -3.17. The lowest BCUT2D eigenvalue weighted by molar-refractivity contribution is 0.628. The zero-order valence-corrected chi connectivity index (χ0v) is 14.5. The number of nitrogens with one attached hydrogen (secondary N) is 1. The normalized spacial score (nSPS) is 11.0. The number of benzene rings is 1. The van der Waals surface area contributed by atoms with Gasteiger partial charge in [0.1, 0.15) is 17.5 Å². The minimum absolute atomic E-state index is 0.356. The van der Waals surface area contributed by atoms with Crippen LogP contribution in [0.5, 0.6) is 0 Å². The van der Waals surface area contributed by atoms with Gasteiger partial charge >= 0.3 is 0 Å². The molecule has 0 bridgehead atoms. The van der Waals surface area contributed by atoms with Gasteiger partial charge < -0.3 is 9.72 Å². The summed E-state index contributed by atoms with van der Waals surface area (Å²) in [5, 5.41) is 13.8. The van der Waals surface area contributed by atoms with Crippen LogP contribution in [0.15, 0.2) is 42.9 Å². The van der Waals surface area contributed by atoms with Crippen molar-refractivity contribution >= 4 is 33.8 Å². The Morgan fingerprint density at radius 3 is 2.96 bits per heavy atom. The van der Waals surface area contributed by atoms with Gasteiger partial charge in [0.2, 0.25) is 0 Å². The van der Waals surface area contributed by atoms with Crippen molar-refractivity contribution in [3.63, 3.8) is 0 Å². The highest BCUT2D eigenvalue weighted by atomic mass is 35.5. The van der Waals surface area contributed by atoms with E-state index in [4.69, 9.17) is 11.6 Å². The van der Waals surface area contributed by atoms with Gasteiger partial charge in [-0.2, -0.15) is 5.26 Å². The maximum Gasteiger partial charge on any atom is 0.137 e. The minimum Gasteiger partial charge on any atom is -0.378 e. The zero-order valence-electron chi connectivity index (χ0n) is 13.8. The lowest BCUT2D eigenvalue weighted by Crippen LogP contribution is -2.04. The van der Waals surface area contributed by atoms with E-state index >= 15 is 0 Å². The van der Waals surface area contributed by atoms with E-state index in [-0.39, 0.29) is 5.82 Å². The second-order valence-electron chi connectivity index (χ2n) is 5.98. The standard InChI is InChI=1S/C19H13ClFN5/c1-11-4-14(21)5-16-18(11)23-7-12(6-22)19(16)24-8-15-10-26-9-13(20)2-3-17(26)25-15/h2-5,7,9-10H,8H2,1H3,(H,23,24). The average Bonchev–Trinajstić information content (AvgIpc) is 3.01. The van der Waals surface area contributed by atoms with E-state index in [0.29, 0.717) is 33.7 Å². The van der Waals surface area contributed by atoms with Crippen molar-refractivity contribution in [2.75, 3.05) is 5.32 Å². The van der Waals surface area contributed by atoms with E-state index < -0.39 is 0 Å². The number of imidazole rings is 1. The van der Waals surface area contributed by atoms with Gasteiger partial charge in [-0.25, -0.2) is 9.37 Å². The molecule has 0 saturated carbocycles. The van der Waals surface area contributed by atoms with Crippen LogP contribution in [0.4, 0.5) is 10.1 Å². The van der Waals surface area contributed by atoms with E-state index in [1.807, 2.05) is 16.7 Å². The molecule has 0 saturated heterocycles. The SMILES string of the molecule is Cc1cc(F)cc2c(NCc3cn4cc(Cl)ccc4n3)c(C#N)cnc12. The van der Waals surface area contributed by atoms with Crippen LogP contribution in [0.1, 0.15) is 16.8 Å². The van der Waals surface area contributed by atoms with Gasteiger partial charge in [-0.15, -0.1) is 0 Å². The third-order valence-corrected chi connectivity index (χ3v) is 4.38. The minimum atomic E-state index is -0.364. The van der Waals surface area contributed by atoms with Gasteiger partial charge in [0.25, 0.3) is 0 Å². The number of nitriles is 1. The molecule has 0 aliphatic carbocycles. The highest BCUT2D eigenvalue weighted by molar-refractivity contribution is 6.30. The van der Waals surface area contributed by atoms with Crippen LogP contribution in [0.2, 0.25) is 5.02 Å². The highest BCUT2D eigenvalue weighted by Crippen LogP contribution is 2.29. The molecule has 1 N–H and O–H groups in total. The summed E-state index contributed by atoms with van der Waals surface area (Å²) in [6, 6.07) is 8.53. The number of hydrogen-bond donors (Lipinski definition) is 1. The molecule has 1 aromatic carbocycles. The Morgan fingerprint density at radius 2 is 2.15 bits per heavy atom. The van der Waals surface area contributed by atoms with Crippen LogP contribution >= 0.6 is 11.6 Å². The first-order valence-corrected chi connectivity index (χ1v) is 8.29. The third-order valence-electron chi connectivity index (χ3n) is 4.16. The first-order chi connectivity index (χ1) is 12.5. The van der Waals surface area contributed by atoms with Crippen molar-refractivity contribution in [2.45, 2.75) is 13.5 Å². The van der Waals surface area contributed by atoms with Gasteiger partial charge in [0.05, 0.1) is 34.0 Å². The molecule has 0 unspecified atom stereocenters. The summed E-state index contributed by atoms with van der Waals surface area (Å²) in [5.41, 5.74) is 3.83. The Morgan fingerprint density at radius 1 is 1.31 bits per heavy atom. The summed E-state index contributed by atoms with van der Waals surface area (Å²) in [4.78, 5) is 8.80. The molecule has 4 rings (SSSR count). The van der Waals surface area contributed by atoms with Gasteiger partial charge in [-0.05, 0) is 36.8 Å². The van der Waals surface area contributed by atoms with E-state index in [0.717, 1.165) is 16.9 Å². The number of aryl methyl sites for hydroxylation is 1. The van der Waals surface area contributed by atoms with Crippen molar-refractivity contribution in [2.24, 2.45) is 0 Å². The summed E-state index contributed by atoms with van der Waals surface area (Å²) in [7, 11) is 0. The first-order valence-electron chi connectivity index (χ1n) is 7.91. The summed E-state index contributed by atoms with van der Waals surface area (Å²) < 4.78 is 15.7. The lowest BCUT2D eigenvalue weighted by atomic mass is 10.1. The Bertz CT molecular complexity index is 1190. The van der Waals surface area contributed by atoms with Crippen LogP contribution in [-0.4, -0.2) is 14.4 Å². The second-order valence-corrected chi connectivity index (χ2v) is 6.41. The molecule has 7 heteroatoms. The number of anilines is 1. The van der Waals surface area contributed by atoms with Gasteiger partial charge in [0, 0.05) is 24.0 Å². The van der Waals surface area contributed by atoms with E-state index in [1.54, 1.807) is 19.2 Å². The second kappa shape index (κ2) is 6.28. The molecule has 4 aromatic rings. The molecule has 0 atom stereocenters. The molecule has 0 spiro atoms. The van der Waals surface area contributed by atoms with Gasteiger partial charge in [-0.1, -0.05) is 11.6 Å². The van der Waals surface area contributed by atoms with Crippen LogP contribution < -0.4 is 5.32 Å². The maximum absolute atomic E-state index is 13.9. The number of rotatable bonds is 3. The summed E-state index contributed by atoms with van der Waals surface area (Å²) in [6.45, 7) is 2.17. The van der Waals surface area contributed by atoms with Crippen molar-refractivity contribution in [3.8, 4) is 6.07 Å². The van der Waals surface area contributed by atoms with Crippen molar-refractivity contribution < 1.29 is 4.39 Å². The van der Waals surface area contributed by atoms with E-state index in [2.05, 4.69) is 21.4 Å². The molecule has 0 aliphatic rings. The highest BCUT2D eigenvalue weighted by Gasteiger charge is 2.12. The van der Waals surface area contributed by atoms with Crippen LogP contribution in [0.3, 0.4) is 0 Å². The first kappa shape index (κ1) is 16.3. The average molecular weight is 366 g/mol. The largest absolute Gasteiger partial charge is 0.378 e. The van der Waals surface area contributed by atoms with Gasteiger partial charge in [0.15, 0.2) is 0 Å². The fraction of sp³-hybridized carbons (Fsp3) is 0.105. The van der Waals surface area contributed by atoms with Crippen molar-refractivity contribution in [3.05, 3.63) is 70.5 Å². The molecule has 0 amide bonds. The number of halogens is 2. The van der Waals surface area contributed by atoms with E-state index in [9.17, 15) is 9.65 Å². The predicted octanol–water partition coefficient (Wildman–Crippen LogP) is 4.47. The Kier molecular flexibility index (Phi) is 3.94. The molecule has 3 aromatic heterocycles. The molecule has 0 radical (unpaired) electrons. The molecule has 26 heavy (non-hydrogen) atoms. The topological polar surface area (TPSA) is 66.0 Å². The monoisotopic (exact) mass is 365 g/mol. The Labute approximate surface area is 153 Å². The zero-order chi connectivity index (χ0) is 18.3. The van der Waals surface area contributed by atoms with Crippen molar-refractivity contribution in [1.82, 2.24) is 14.4 Å². The number of aromatic nitrogens is 3. The molecule has 0 aliphatic heterocycles. The van der Waals surface area contributed by atoms with Crippen LogP contribution in [0, 0.1) is 24.1 Å². The quantitative estimate of drug-likeness (QED) is 0.581. The number of nitrogens with zero attached hydrogens (tertiary/aromatic N) is 4. The Balaban J connectivity index is 1.74. The molecule has 128 valence electrons. The number of hydrogen-bond acceptors (Lipinski definition) is 4. The fourth-order valence-electron chi connectivity index (χ4n) is 2.99. The number of fused-ring (bicyclic) bond motifs is 2. The third kappa shape index (κ3) is 2.83. The lowest BCUT2D eigenvalue weighted by Gasteiger charge is -2.11. The molecular weight excluding hydrogens is 353 g/mol. The fourth-order valence-corrected chi connectivity index (χ4v) is 3.16. The summed E-state index contributed by atoms with van der Waals surface area (Å²) in [6.07, 6.45) is 5.13. The molecule has 3 heterocycles. The molecule has 5 nitrogen and oxygen atoms in total. The molecular formula is C19H13ClFN5. The van der Waals surface area contributed by atoms with Crippen LogP contribution in [0.25, 0.3) is 16.6 Å². The van der Waals surface area contributed by atoms with E-state index in [1.165, 1.54) is 18.3 Å². The maximum atomic E-state index is 13.9. The molecule has 0 fully saturated rings. The van der Waals surface area contributed by atoms with Crippen LogP contribution in [-0.2, 0) is 6.54 Å². The summed E-state index contributed by atoms with van der Waals surface area (Å²) >= 11 is 5.99. The predicted molar refractivity (Wildman–Crippen MR) is 98.7 cm³/mol. The van der Waals surface area contributed by atoms with Gasteiger partial charge in [-0.3, -0.25) is 4.98 Å². The summed E-state index contributed by atoms with van der Waals surface area (Å²) in [5.74, 6) is -0.364. The number of pyridine rings is 2.